The number of aryl methyl sites for hydroxylation is 1. The summed E-state index contributed by atoms with van der Waals surface area (Å²) >= 11 is 0. The second-order valence-electron chi connectivity index (χ2n) is 4.81. The van der Waals surface area contributed by atoms with Crippen LogP contribution in [0, 0.1) is 18.3 Å². The van der Waals surface area contributed by atoms with Crippen LogP contribution in [0.1, 0.15) is 37.8 Å². The lowest BCUT2D eigenvalue weighted by Gasteiger charge is -2.28. The van der Waals surface area contributed by atoms with Gasteiger partial charge >= 0.3 is 12.0 Å². The van der Waals surface area contributed by atoms with Gasteiger partial charge in [0.25, 0.3) is 0 Å². The molecule has 3 N–H and O–H groups in total. The van der Waals surface area contributed by atoms with Crippen molar-refractivity contribution in [3.63, 3.8) is 0 Å². The van der Waals surface area contributed by atoms with Crippen molar-refractivity contribution in [2.75, 3.05) is 5.32 Å². The number of aliphatic carboxylic acids is 1. The molecule has 0 aliphatic rings. The van der Waals surface area contributed by atoms with E-state index in [2.05, 4.69) is 10.6 Å². The molecule has 0 unspecified atom stereocenters. The van der Waals surface area contributed by atoms with E-state index in [4.69, 9.17) is 5.26 Å². The molecule has 0 saturated carbocycles. The fourth-order valence-corrected chi connectivity index (χ4v) is 1.98. The number of carboxylic acids is 1. The highest BCUT2D eigenvalue weighted by molar-refractivity contribution is 5.94. The van der Waals surface area contributed by atoms with E-state index in [-0.39, 0.29) is 12.8 Å². The monoisotopic (exact) mass is 289 g/mol. The van der Waals surface area contributed by atoms with Crippen LogP contribution >= 0.6 is 0 Å². The first-order valence-corrected chi connectivity index (χ1v) is 6.71. The minimum absolute atomic E-state index is 0.281. The van der Waals surface area contributed by atoms with E-state index in [0.29, 0.717) is 11.3 Å². The Kier molecular flexibility index (Phi) is 5.30. The van der Waals surface area contributed by atoms with E-state index in [1.54, 1.807) is 39.0 Å². The summed E-state index contributed by atoms with van der Waals surface area (Å²) in [5.41, 5.74) is 0.410. The summed E-state index contributed by atoms with van der Waals surface area (Å²) < 4.78 is 0. The Morgan fingerprint density at radius 3 is 2.43 bits per heavy atom. The van der Waals surface area contributed by atoms with Crippen LogP contribution in [0.3, 0.4) is 0 Å². The average molecular weight is 289 g/mol. The Morgan fingerprint density at radius 2 is 1.95 bits per heavy atom. The number of carboxylic acid groups (broad SMARTS) is 1. The molecule has 0 spiro atoms. The van der Waals surface area contributed by atoms with Gasteiger partial charge in [-0.25, -0.2) is 9.59 Å². The number of benzene rings is 1. The maximum atomic E-state index is 12.0. The van der Waals surface area contributed by atoms with E-state index >= 15 is 0 Å². The lowest BCUT2D eigenvalue weighted by molar-refractivity contribution is -0.144. The molecule has 0 atom stereocenters. The fraction of sp³-hybridized carbons (Fsp3) is 0.400. The van der Waals surface area contributed by atoms with Crippen LogP contribution in [0.4, 0.5) is 10.5 Å². The third-order valence-electron chi connectivity index (χ3n) is 3.58. The van der Waals surface area contributed by atoms with Crippen LogP contribution in [-0.4, -0.2) is 22.6 Å². The van der Waals surface area contributed by atoms with E-state index in [1.807, 2.05) is 6.07 Å². The Hall–Kier alpha value is -2.55. The van der Waals surface area contributed by atoms with Gasteiger partial charge in [-0.05, 0) is 37.5 Å². The first-order chi connectivity index (χ1) is 9.88. The third-order valence-corrected chi connectivity index (χ3v) is 3.58. The topological polar surface area (TPSA) is 102 Å². The van der Waals surface area contributed by atoms with Gasteiger partial charge in [0.1, 0.15) is 5.54 Å². The van der Waals surface area contributed by atoms with Crippen molar-refractivity contribution in [1.29, 1.82) is 5.26 Å². The zero-order chi connectivity index (χ0) is 16.0. The number of amides is 2. The lowest BCUT2D eigenvalue weighted by atomic mass is 9.93. The highest BCUT2D eigenvalue weighted by atomic mass is 16.4. The summed E-state index contributed by atoms with van der Waals surface area (Å²) in [5.74, 6) is -1.06. The Morgan fingerprint density at radius 1 is 1.33 bits per heavy atom. The second kappa shape index (κ2) is 6.75. The van der Waals surface area contributed by atoms with Gasteiger partial charge in [-0.1, -0.05) is 19.9 Å². The van der Waals surface area contributed by atoms with Crippen LogP contribution < -0.4 is 10.6 Å². The lowest BCUT2D eigenvalue weighted by Crippen LogP contribution is -2.55. The molecular formula is C15H19N3O3. The summed E-state index contributed by atoms with van der Waals surface area (Å²) in [5, 5.41) is 23.3. The molecule has 21 heavy (non-hydrogen) atoms. The van der Waals surface area contributed by atoms with E-state index in [0.717, 1.165) is 5.56 Å². The number of carbonyl (C=O) groups excluding carboxylic acids is 1. The van der Waals surface area contributed by atoms with Crippen molar-refractivity contribution in [2.45, 2.75) is 39.2 Å². The number of urea groups is 1. The van der Waals surface area contributed by atoms with Gasteiger partial charge in [-0.15, -0.1) is 0 Å². The van der Waals surface area contributed by atoms with Crippen molar-refractivity contribution in [3.8, 4) is 6.07 Å². The number of nitriles is 1. The molecular weight excluding hydrogens is 270 g/mol. The molecule has 2 amide bonds. The van der Waals surface area contributed by atoms with Crippen LogP contribution in [0.2, 0.25) is 0 Å². The molecule has 0 bridgehead atoms. The number of nitrogens with one attached hydrogen (secondary N) is 2. The van der Waals surface area contributed by atoms with Crippen molar-refractivity contribution in [2.24, 2.45) is 0 Å². The molecule has 0 aromatic heterocycles. The standard InChI is InChI=1S/C15H19N3O3/c1-4-15(5-2,13(19)20)18-14(21)17-12-8-11(9-16)7-6-10(12)3/h6-8H,4-5H2,1-3H3,(H,19,20)(H2,17,18,21). The Bertz CT molecular complexity index is 586. The molecule has 0 saturated heterocycles. The van der Waals surface area contributed by atoms with Gasteiger partial charge in [-0.2, -0.15) is 5.26 Å². The van der Waals surface area contributed by atoms with Gasteiger partial charge in [0.2, 0.25) is 0 Å². The molecule has 0 radical (unpaired) electrons. The number of carbonyl (C=O) groups is 2. The number of hydrogen-bond donors (Lipinski definition) is 3. The summed E-state index contributed by atoms with van der Waals surface area (Å²) in [6.07, 6.45) is 0.562. The van der Waals surface area contributed by atoms with Gasteiger partial charge in [-0.3, -0.25) is 0 Å². The quantitative estimate of drug-likeness (QED) is 0.775. The van der Waals surface area contributed by atoms with E-state index in [1.165, 1.54) is 0 Å². The van der Waals surface area contributed by atoms with Crippen molar-refractivity contribution in [1.82, 2.24) is 5.32 Å². The maximum absolute atomic E-state index is 12.0. The van der Waals surface area contributed by atoms with Gasteiger partial charge in [0.15, 0.2) is 0 Å². The Labute approximate surface area is 123 Å². The normalized spacial score (nSPS) is 10.6. The summed E-state index contributed by atoms with van der Waals surface area (Å²) in [7, 11) is 0. The predicted molar refractivity (Wildman–Crippen MR) is 79.0 cm³/mol. The minimum atomic E-state index is -1.29. The molecule has 0 heterocycles. The highest BCUT2D eigenvalue weighted by Gasteiger charge is 2.36. The number of nitrogens with zero attached hydrogens (tertiary/aromatic N) is 1. The molecule has 6 nitrogen and oxygen atoms in total. The number of hydrogen-bond acceptors (Lipinski definition) is 3. The predicted octanol–water partition coefficient (Wildman–Crippen LogP) is 2.63. The fourth-order valence-electron chi connectivity index (χ4n) is 1.98. The zero-order valence-corrected chi connectivity index (χ0v) is 12.4. The van der Waals surface area contributed by atoms with E-state index in [9.17, 15) is 14.7 Å². The van der Waals surface area contributed by atoms with Gasteiger partial charge in [0, 0.05) is 5.69 Å². The first kappa shape index (κ1) is 16.5. The molecule has 1 aromatic rings. The molecule has 1 rings (SSSR count). The summed E-state index contributed by atoms with van der Waals surface area (Å²) in [6, 6.07) is 6.32. The molecule has 0 fully saturated rings. The largest absolute Gasteiger partial charge is 0.480 e. The highest BCUT2D eigenvalue weighted by Crippen LogP contribution is 2.18. The summed E-state index contributed by atoms with van der Waals surface area (Å²) in [6.45, 7) is 5.21. The molecule has 0 aliphatic heterocycles. The molecule has 112 valence electrons. The first-order valence-electron chi connectivity index (χ1n) is 6.71. The van der Waals surface area contributed by atoms with Gasteiger partial charge < -0.3 is 15.7 Å². The average Bonchev–Trinajstić information content (AvgIpc) is 2.46. The molecule has 6 heteroatoms. The van der Waals surface area contributed by atoms with Crippen molar-refractivity contribution in [3.05, 3.63) is 29.3 Å². The SMILES string of the molecule is CCC(CC)(NC(=O)Nc1cc(C#N)ccc1C)C(=O)O. The van der Waals surface area contributed by atoms with Crippen molar-refractivity contribution >= 4 is 17.7 Å². The Balaban J connectivity index is 2.92. The van der Waals surface area contributed by atoms with Crippen LogP contribution in [0.15, 0.2) is 18.2 Å². The van der Waals surface area contributed by atoms with Crippen LogP contribution in [-0.2, 0) is 4.79 Å². The maximum Gasteiger partial charge on any atom is 0.329 e. The van der Waals surface area contributed by atoms with Gasteiger partial charge in [0.05, 0.1) is 11.6 Å². The molecule has 1 aromatic carbocycles. The number of rotatable bonds is 5. The summed E-state index contributed by atoms with van der Waals surface area (Å²) in [4.78, 5) is 23.4. The smallest absolute Gasteiger partial charge is 0.329 e. The second-order valence-corrected chi connectivity index (χ2v) is 4.81. The minimum Gasteiger partial charge on any atom is -0.480 e. The van der Waals surface area contributed by atoms with E-state index < -0.39 is 17.5 Å². The zero-order valence-electron chi connectivity index (χ0n) is 12.4. The van der Waals surface area contributed by atoms with Crippen LogP contribution in [0.5, 0.6) is 0 Å². The van der Waals surface area contributed by atoms with Crippen molar-refractivity contribution < 1.29 is 14.7 Å². The van der Waals surface area contributed by atoms with Crippen LogP contribution in [0.25, 0.3) is 0 Å². The number of anilines is 1. The molecule has 0 aliphatic carbocycles. The third kappa shape index (κ3) is 3.72.